The number of carbonyl (C=O) groups excluding carboxylic acids is 2. The van der Waals surface area contributed by atoms with E-state index in [1.54, 1.807) is 6.07 Å². The van der Waals surface area contributed by atoms with Crippen LogP contribution in [-0.2, 0) is 22.6 Å². The van der Waals surface area contributed by atoms with Crippen LogP contribution in [0.5, 0.6) is 0 Å². The monoisotopic (exact) mass is 387 g/mol. The topological polar surface area (TPSA) is 91.9 Å². The zero-order valence-corrected chi connectivity index (χ0v) is 15.7. The van der Waals surface area contributed by atoms with Gasteiger partial charge in [0.15, 0.2) is 6.61 Å². The van der Waals surface area contributed by atoms with Crippen molar-refractivity contribution in [3.8, 4) is 0 Å². The number of ketones is 1. The summed E-state index contributed by atoms with van der Waals surface area (Å²) in [5, 5.41) is 11.1. The van der Waals surface area contributed by atoms with Gasteiger partial charge in [-0.1, -0.05) is 29.8 Å². The molecule has 0 saturated heterocycles. The van der Waals surface area contributed by atoms with Crippen LogP contribution in [-0.4, -0.2) is 43.1 Å². The lowest BCUT2D eigenvalue weighted by molar-refractivity contribution is -0.143. The van der Waals surface area contributed by atoms with Crippen molar-refractivity contribution in [1.29, 1.82) is 0 Å². The van der Waals surface area contributed by atoms with Crippen LogP contribution in [0, 0.1) is 13.8 Å². The van der Waals surface area contributed by atoms with Crippen molar-refractivity contribution < 1.29 is 14.3 Å². The number of nitrogens with zero attached hydrogens (tertiary/aromatic N) is 5. The van der Waals surface area contributed by atoms with E-state index in [2.05, 4.69) is 15.5 Å². The first-order chi connectivity index (χ1) is 13.0. The highest BCUT2D eigenvalue weighted by Crippen LogP contribution is 2.21. The van der Waals surface area contributed by atoms with Gasteiger partial charge in [-0.15, -0.1) is 5.10 Å². The van der Waals surface area contributed by atoms with Gasteiger partial charge in [-0.2, -0.15) is 0 Å². The quantitative estimate of drug-likeness (QED) is 0.456. The molecule has 0 spiro atoms. The Labute approximate surface area is 160 Å². The van der Waals surface area contributed by atoms with Gasteiger partial charge in [0, 0.05) is 28.5 Å². The van der Waals surface area contributed by atoms with Gasteiger partial charge in [-0.05, 0) is 42.0 Å². The number of ether oxygens (including phenoxy) is 1. The van der Waals surface area contributed by atoms with Gasteiger partial charge < -0.3 is 9.30 Å². The zero-order valence-electron chi connectivity index (χ0n) is 14.9. The van der Waals surface area contributed by atoms with Gasteiger partial charge in [-0.25, -0.2) is 4.68 Å². The van der Waals surface area contributed by atoms with E-state index in [9.17, 15) is 9.59 Å². The van der Waals surface area contributed by atoms with Crippen LogP contribution in [0.25, 0.3) is 0 Å². The Hall–Kier alpha value is -3.00. The van der Waals surface area contributed by atoms with Crippen LogP contribution in [0.15, 0.2) is 36.7 Å². The molecule has 0 bridgehead atoms. The number of halogens is 1. The molecule has 0 radical (unpaired) electrons. The normalized spacial score (nSPS) is 10.8. The van der Waals surface area contributed by atoms with Crippen LogP contribution in [0.1, 0.15) is 27.3 Å². The van der Waals surface area contributed by atoms with Gasteiger partial charge in [0.2, 0.25) is 5.78 Å². The highest BCUT2D eigenvalue weighted by atomic mass is 35.5. The van der Waals surface area contributed by atoms with E-state index in [0.29, 0.717) is 17.1 Å². The summed E-state index contributed by atoms with van der Waals surface area (Å²) in [7, 11) is 0. The minimum absolute atomic E-state index is 0.147. The van der Waals surface area contributed by atoms with Crippen LogP contribution >= 0.6 is 11.6 Å². The first-order valence-electron chi connectivity index (χ1n) is 8.25. The third-order valence-electron chi connectivity index (χ3n) is 4.21. The summed E-state index contributed by atoms with van der Waals surface area (Å²) in [6.45, 7) is 3.86. The Morgan fingerprint density at radius 2 is 2.00 bits per heavy atom. The summed E-state index contributed by atoms with van der Waals surface area (Å²) in [5.74, 6) is -0.848. The molecule has 9 heteroatoms. The number of esters is 1. The smallest absolute Gasteiger partial charge is 0.328 e. The maximum absolute atomic E-state index is 12.5. The number of carbonyl (C=O) groups is 2. The molecule has 0 aliphatic carbocycles. The molecule has 0 amide bonds. The van der Waals surface area contributed by atoms with Gasteiger partial charge in [-0.3, -0.25) is 9.59 Å². The fourth-order valence-electron chi connectivity index (χ4n) is 2.78. The van der Waals surface area contributed by atoms with Crippen molar-refractivity contribution in [2.75, 3.05) is 6.61 Å². The minimum atomic E-state index is -0.583. The van der Waals surface area contributed by atoms with E-state index in [0.717, 1.165) is 17.0 Å². The predicted molar refractivity (Wildman–Crippen MR) is 97.6 cm³/mol. The molecule has 140 valence electrons. The molecular weight excluding hydrogens is 370 g/mol. The highest BCUT2D eigenvalue weighted by Gasteiger charge is 2.18. The van der Waals surface area contributed by atoms with Crippen LogP contribution in [0.3, 0.4) is 0 Å². The molecule has 2 aromatic heterocycles. The second kappa shape index (κ2) is 8.13. The Bertz CT molecular complexity index is 966. The highest BCUT2D eigenvalue weighted by molar-refractivity contribution is 6.31. The molecule has 0 aliphatic heterocycles. The summed E-state index contributed by atoms with van der Waals surface area (Å²) in [6, 6.07) is 9.37. The van der Waals surface area contributed by atoms with E-state index < -0.39 is 5.97 Å². The molecule has 0 aliphatic rings. The summed E-state index contributed by atoms with van der Waals surface area (Å²) in [6.07, 6.45) is 1.30. The molecule has 0 fully saturated rings. The Kier molecular flexibility index (Phi) is 5.66. The fraction of sp³-hybridized carbons (Fsp3) is 0.278. The van der Waals surface area contributed by atoms with Gasteiger partial charge in [0.25, 0.3) is 0 Å². The number of hydrogen-bond donors (Lipinski definition) is 0. The predicted octanol–water partition coefficient (Wildman–Crippen LogP) is 2.22. The number of hydrogen-bond acceptors (Lipinski definition) is 6. The summed E-state index contributed by atoms with van der Waals surface area (Å²) in [4.78, 5) is 24.3. The summed E-state index contributed by atoms with van der Waals surface area (Å²) < 4.78 is 8.27. The van der Waals surface area contributed by atoms with E-state index in [1.807, 2.05) is 42.7 Å². The molecule has 0 N–H and O–H groups in total. The maximum atomic E-state index is 12.5. The van der Waals surface area contributed by atoms with Crippen LogP contribution in [0.4, 0.5) is 0 Å². The molecule has 2 heterocycles. The molecular formula is C18H18ClN5O3. The maximum Gasteiger partial charge on any atom is 0.328 e. The van der Waals surface area contributed by atoms with Crippen LogP contribution < -0.4 is 0 Å². The number of tetrazole rings is 1. The lowest BCUT2D eigenvalue weighted by Gasteiger charge is -2.11. The van der Waals surface area contributed by atoms with Crippen molar-refractivity contribution >= 4 is 23.4 Å². The second-order valence-corrected chi connectivity index (χ2v) is 6.46. The lowest BCUT2D eigenvalue weighted by Crippen LogP contribution is -2.19. The van der Waals surface area contributed by atoms with Gasteiger partial charge in [0.1, 0.15) is 12.9 Å². The van der Waals surface area contributed by atoms with E-state index in [1.165, 1.54) is 11.0 Å². The molecule has 8 nitrogen and oxygen atoms in total. The van der Waals surface area contributed by atoms with Gasteiger partial charge >= 0.3 is 5.97 Å². The zero-order chi connectivity index (χ0) is 19.4. The Morgan fingerprint density at radius 3 is 2.70 bits per heavy atom. The molecule has 0 saturated carbocycles. The third kappa shape index (κ3) is 4.40. The summed E-state index contributed by atoms with van der Waals surface area (Å²) >= 11 is 6.24. The van der Waals surface area contributed by atoms with E-state index in [-0.39, 0.29) is 18.9 Å². The van der Waals surface area contributed by atoms with Gasteiger partial charge in [0.05, 0.1) is 0 Å². The SMILES string of the molecule is Cc1cc(C(=O)COC(=O)Cn2cnnn2)c(C)n1Cc1ccccc1Cl. The standard InChI is InChI=1S/C18H18ClN5O3/c1-12-7-15(13(2)24(12)8-14-5-3-4-6-16(14)19)17(25)10-27-18(26)9-23-11-20-21-22-23/h3-7,11H,8-10H2,1-2H3. The molecule has 0 unspecified atom stereocenters. The number of rotatable bonds is 7. The minimum Gasteiger partial charge on any atom is -0.456 e. The van der Waals surface area contributed by atoms with Crippen molar-refractivity contribution in [2.24, 2.45) is 0 Å². The number of benzene rings is 1. The van der Waals surface area contributed by atoms with Crippen LogP contribution in [0.2, 0.25) is 5.02 Å². The first kappa shape index (κ1) is 18.8. The summed E-state index contributed by atoms with van der Waals surface area (Å²) in [5.41, 5.74) is 3.22. The average molecular weight is 388 g/mol. The average Bonchev–Trinajstić information content (AvgIpc) is 3.24. The lowest BCUT2D eigenvalue weighted by atomic mass is 10.1. The first-order valence-corrected chi connectivity index (χ1v) is 8.63. The van der Waals surface area contributed by atoms with Crippen molar-refractivity contribution in [2.45, 2.75) is 26.9 Å². The van der Waals surface area contributed by atoms with Crippen molar-refractivity contribution in [1.82, 2.24) is 24.8 Å². The fourth-order valence-corrected chi connectivity index (χ4v) is 2.97. The Morgan fingerprint density at radius 1 is 1.22 bits per heavy atom. The van der Waals surface area contributed by atoms with Crippen molar-refractivity contribution in [3.05, 3.63) is 64.2 Å². The second-order valence-electron chi connectivity index (χ2n) is 6.05. The third-order valence-corrected chi connectivity index (χ3v) is 4.58. The molecule has 3 rings (SSSR count). The molecule has 1 aromatic carbocycles. The Balaban J connectivity index is 1.67. The van der Waals surface area contributed by atoms with E-state index >= 15 is 0 Å². The molecule has 0 atom stereocenters. The molecule has 27 heavy (non-hydrogen) atoms. The number of Topliss-reactive ketones (excluding diaryl/α,β-unsaturated/α-hetero) is 1. The number of aryl methyl sites for hydroxylation is 1. The number of aromatic nitrogens is 5. The van der Waals surface area contributed by atoms with E-state index in [4.69, 9.17) is 16.3 Å². The largest absolute Gasteiger partial charge is 0.456 e. The molecule has 3 aromatic rings. The van der Waals surface area contributed by atoms with Crippen molar-refractivity contribution in [3.63, 3.8) is 0 Å².